The van der Waals surface area contributed by atoms with Crippen molar-refractivity contribution in [2.24, 2.45) is 5.92 Å². The van der Waals surface area contributed by atoms with E-state index in [-0.39, 0.29) is 0 Å². The summed E-state index contributed by atoms with van der Waals surface area (Å²) in [6, 6.07) is 0. The van der Waals surface area contributed by atoms with E-state index in [2.05, 4.69) is 46.9 Å². The number of aryl methyl sites for hydroxylation is 2. The molecule has 1 N–H and O–H groups in total. The van der Waals surface area contributed by atoms with Crippen molar-refractivity contribution < 1.29 is 4.74 Å². The Morgan fingerprint density at radius 1 is 1.14 bits per heavy atom. The zero-order valence-corrected chi connectivity index (χ0v) is 14.7. The Kier molecular flexibility index (Phi) is 6.75. The highest BCUT2D eigenvalue weighted by Crippen LogP contribution is 2.27. The molecule has 0 spiro atoms. The highest BCUT2D eigenvalue weighted by Gasteiger charge is 2.29. The fraction of sp³-hybridized carbons (Fsp3) is 0.765. The molecular formula is C17H31N3O. The average molecular weight is 293 g/mol. The quantitative estimate of drug-likeness (QED) is 0.797. The Hall–Kier alpha value is -1.00. The summed E-state index contributed by atoms with van der Waals surface area (Å²) in [5.41, 5.74) is 2.91. The molecule has 1 unspecified atom stereocenters. The van der Waals surface area contributed by atoms with Gasteiger partial charge in [-0.05, 0) is 46.6 Å². The summed E-state index contributed by atoms with van der Waals surface area (Å²) in [5, 5.41) is 3.47. The maximum atomic E-state index is 5.89. The Morgan fingerprint density at radius 2 is 1.71 bits per heavy atom. The van der Waals surface area contributed by atoms with Crippen LogP contribution in [0.4, 0.5) is 0 Å². The van der Waals surface area contributed by atoms with Gasteiger partial charge in [-0.15, -0.1) is 0 Å². The summed E-state index contributed by atoms with van der Waals surface area (Å²) in [4.78, 5) is 9.43. The molecule has 120 valence electrons. The van der Waals surface area contributed by atoms with E-state index in [0.717, 1.165) is 36.7 Å². The van der Waals surface area contributed by atoms with Gasteiger partial charge in [-0.3, -0.25) is 0 Å². The molecule has 0 aliphatic heterocycles. The first-order valence-electron chi connectivity index (χ1n) is 8.03. The number of aromatic nitrogens is 2. The third kappa shape index (κ3) is 4.75. The van der Waals surface area contributed by atoms with Gasteiger partial charge in [0.1, 0.15) is 5.60 Å². The van der Waals surface area contributed by atoms with Crippen molar-refractivity contribution in [3.8, 4) is 0 Å². The number of hydrogen-bond acceptors (Lipinski definition) is 4. The molecule has 1 aromatic heterocycles. The van der Waals surface area contributed by atoms with E-state index < -0.39 is 5.60 Å². The van der Waals surface area contributed by atoms with Crippen LogP contribution in [-0.2, 0) is 16.9 Å². The summed E-state index contributed by atoms with van der Waals surface area (Å²) < 4.78 is 5.89. The van der Waals surface area contributed by atoms with Crippen LogP contribution in [-0.4, -0.2) is 23.1 Å². The molecule has 1 atom stereocenters. The van der Waals surface area contributed by atoms with Crippen molar-refractivity contribution in [3.63, 3.8) is 0 Å². The molecule has 0 amide bonds. The van der Waals surface area contributed by atoms with Crippen molar-refractivity contribution in [1.82, 2.24) is 15.3 Å². The molecule has 4 nitrogen and oxygen atoms in total. The minimum atomic E-state index is -0.395. The fourth-order valence-electron chi connectivity index (χ4n) is 2.36. The number of rotatable bonds is 8. The Morgan fingerprint density at radius 3 is 2.14 bits per heavy atom. The van der Waals surface area contributed by atoms with Gasteiger partial charge < -0.3 is 10.1 Å². The van der Waals surface area contributed by atoms with E-state index in [4.69, 9.17) is 14.7 Å². The fourth-order valence-corrected chi connectivity index (χ4v) is 2.36. The van der Waals surface area contributed by atoms with Gasteiger partial charge in [-0.25, -0.2) is 9.97 Å². The van der Waals surface area contributed by atoms with Crippen LogP contribution in [0, 0.1) is 19.8 Å². The van der Waals surface area contributed by atoms with Crippen LogP contribution in [0.5, 0.6) is 0 Å². The standard InChI is InChI=1S/C17H31N3O/c1-8-17(7,21-9-2)16-19-13(5)15(14(6)20-16)11-18-10-12(3)4/h12,18H,8-11H2,1-7H3. The summed E-state index contributed by atoms with van der Waals surface area (Å²) in [5.74, 6) is 1.45. The van der Waals surface area contributed by atoms with Gasteiger partial charge in [0.05, 0.1) is 0 Å². The first-order chi connectivity index (χ1) is 9.84. The molecule has 1 aromatic rings. The minimum absolute atomic E-state index is 0.395. The van der Waals surface area contributed by atoms with Crippen molar-refractivity contribution in [1.29, 1.82) is 0 Å². The molecule has 1 heterocycles. The predicted molar refractivity (Wildman–Crippen MR) is 87.3 cm³/mol. The second kappa shape index (κ2) is 7.85. The van der Waals surface area contributed by atoms with Crippen LogP contribution >= 0.6 is 0 Å². The van der Waals surface area contributed by atoms with Crippen molar-refractivity contribution in [3.05, 3.63) is 22.8 Å². The summed E-state index contributed by atoms with van der Waals surface area (Å²) in [6.45, 7) is 17.2. The van der Waals surface area contributed by atoms with Gasteiger partial charge in [0.25, 0.3) is 0 Å². The molecule has 0 saturated carbocycles. The number of hydrogen-bond donors (Lipinski definition) is 1. The third-order valence-corrected chi connectivity index (χ3v) is 3.89. The lowest BCUT2D eigenvalue weighted by atomic mass is 10.0. The van der Waals surface area contributed by atoms with Gasteiger partial charge in [0.2, 0.25) is 0 Å². The van der Waals surface area contributed by atoms with E-state index in [9.17, 15) is 0 Å². The zero-order chi connectivity index (χ0) is 16.0. The lowest BCUT2D eigenvalue weighted by molar-refractivity contribution is -0.0393. The molecule has 21 heavy (non-hydrogen) atoms. The monoisotopic (exact) mass is 293 g/mol. The molecule has 4 heteroatoms. The highest BCUT2D eigenvalue weighted by atomic mass is 16.5. The molecule has 0 fully saturated rings. The normalized spacial score (nSPS) is 14.5. The van der Waals surface area contributed by atoms with Crippen LogP contribution in [0.2, 0.25) is 0 Å². The first-order valence-corrected chi connectivity index (χ1v) is 8.03. The minimum Gasteiger partial charge on any atom is -0.368 e. The Balaban J connectivity index is 2.98. The molecule has 0 aliphatic rings. The van der Waals surface area contributed by atoms with Crippen molar-refractivity contribution in [2.45, 2.75) is 67.0 Å². The molecule has 0 radical (unpaired) electrons. The average Bonchev–Trinajstić information content (AvgIpc) is 2.41. The van der Waals surface area contributed by atoms with Gasteiger partial charge in [-0.1, -0.05) is 20.8 Å². The number of nitrogens with zero attached hydrogens (tertiary/aromatic N) is 2. The second-order valence-electron chi connectivity index (χ2n) is 6.24. The highest BCUT2D eigenvalue weighted by molar-refractivity contribution is 5.25. The van der Waals surface area contributed by atoms with Gasteiger partial charge in [0, 0.05) is 30.1 Å². The SMILES string of the molecule is CCOC(C)(CC)c1nc(C)c(CNCC(C)C)c(C)n1. The van der Waals surface area contributed by atoms with E-state index in [0.29, 0.717) is 12.5 Å². The summed E-state index contributed by atoms with van der Waals surface area (Å²) in [7, 11) is 0. The Labute approximate surface area is 129 Å². The van der Waals surface area contributed by atoms with E-state index in [1.165, 1.54) is 5.56 Å². The van der Waals surface area contributed by atoms with Gasteiger partial charge in [0.15, 0.2) is 5.82 Å². The second-order valence-corrected chi connectivity index (χ2v) is 6.24. The maximum Gasteiger partial charge on any atom is 0.160 e. The lowest BCUT2D eigenvalue weighted by Gasteiger charge is -2.27. The number of nitrogens with one attached hydrogen (secondary N) is 1. The smallest absolute Gasteiger partial charge is 0.160 e. The lowest BCUT2D eigenvalue weighted by Crippen LogP contribution is -2.29. The predicted octanol–water partition coefficient (Wildman–Crippen LogP) is 3.50. The van der Waals surface area contributed by atoms with Crippen LogP contribution in [0.15, 0.2) is 0 Å². The molecule has 0 aromatic carbocycles. The van der Waals surface area contributed by atoms with Gasteiger partial charge in [-0.2, -0.15) is 0 Å². The molecule has 0 aliphatic carbocycles. The Bertz CT molecular complexity index is 436. The van der Waals surface area contributed by atoms with Crippen LogP contribution in [0.3, 0.4) is 0 Å². The van der Waals surface area contributed by atoms with E-state index >= 15 is 0 Å². The topological polar surface area (TPSA) is 47.0 Å². The van der Waals surface area contributed by atoms with E-state index in [1.807, 2.05) is 6.92 Å². The molecule has 1 rings (SSSR count). The van der Waals surface area contributed by atoms with Crippen molar-refractivity contribution >= 4 is 0 Å². The maximum absolute atomic E-state index is 5.89. The van der Waals surface area contributed by atoms with Crippen LogP contribution < -0.4 is 5.32 Å². The number of ether oxygens (including phenoxy) is 1. The zero-order valence-electron chi connectivity index (χ0n) is 14.7. The largest absolute Gasteiger partial charge is 0.368 e. The van der Waals surface area contributed by atoms with Crippen LogP contribution in [0.1, 0.15) is 63.8 Å². The van der Waals surface area contributed by atoms with Gasteiger partial charge >= 0.3 is 0 Å². The molecule has 0 saturated heterocycles. The first kappa shape index (κ1) is 18.1. The third-order valence-electron chi connectivity index (χ3n) is 3.89. The van der Waals surface area contributed by atoms with E-state index in [1.54, 1.807) is 0 Å². The molecule has 0 bridgehead atoms. The molecular weight excluding hydrogens is 262 g/mol. The summed E-state index contributed by atoms with van der Waals surface area (Å²) >= 11 is 0. The van der Waals surface area contributed by atoms with Crippen molar-refractivity contribution in [2.75, 3.05) is 13.2 Å². The van der Waals surface area contributed by atoms with Crippen LogP contribution in [0.25, 0.3) is 0 Å². The summed E-state index contributed by atoms with van der Waals surface area (Å²) in [6.07, 6.45) is 0.866.